The molecular formula is C17H14N2O2. The number of aromatic nitrogens is 1. The smallest absolute Gasteiger partial charge is 0.211 e. The van der Waals surface area contributed by atoms with Gasteiger partial charge in [-0.25, -0.2) is 0 Å². The van der Waals surface area contributed by atoms with Crippen LogP contribution in [0, 0.1) is 13.8 Å². The van der Waals surface area contributed by atoms with E-state index in [0.29, 0.717) is 11.1 Å². The molecule has 0 saturated carbocycles. The first kappa shape index (κ1) is 13.2. The van der Waals surface area contributed by atoms with E-state index in [2.05, 4.69) is 10.3 Å². The topological polar surface area (TPSA) is 59.1 Å². The first-order valence-corrected chi connectivity index (χ1v) is 6.65. The average molecular weight is 278 g/mol. The zero-order valence-electron chi connectivity index (χ0n) is 11.8. The van der Waals surface area contributed by atoms with Crippen molar-refractivity contribution in [3.63, 3.8) is 0 Å². The molecule has 1 heterocycles. The molecule has 4 nitrogen and oxygen atoms in total. The number of benzene rings is 1. The van der Waals surface area contributed by atoms with E-state index in [1.807, 2.05) is 32.0 Å². The second-order valence-corrected chi connectivity index (χ2v) is 5.12. The highest BCUT2D eigenvalue weighted by atomic mass is 16.1. The summed E-state index contributed by atoms with van der Waals surface area (Å²) >= 11 is 0. The molecule has 104 valence electrons. The van der Waals surface area contributed by atoms with Gasteiger partial charge in [0.25, 0.3) is 0 Å². The Hall–Kier alpha value is -2.75. The second kappa shape index (κ2) is 4.98. The molecule has 4 heteroatoms. The zero-order valence-corrected chi connectivity index (χ0v) is 11.8. The van der Waals surface area contributed by atoms with Gasteiger partial charge in [-0.1, -0.05) is 17.7 Å². The monoisotopic (exact) mass is 278 g/mol. The zero-order chi connectivity index (χ0) is 15.0. The number of pyridine rings is 1. The maximum absolute atomic E-state index is 12.4. The molecule has 0 amide bonds. The maximum atomic E-state index is 12.4. The second-order valence-electron chi connectivity index (χ2n) is 5.12. The van der Waals surface area contributed by atoms with Crippen molar-refractivity contribution < 1.29 is 9.59 Å². The van der Waals surface area contributed by atoms with E-state index in [-0.39, 0.29) is 17.3 Å². The average Bonchev–Trinajstić information content (AvgIpc) is 2.47. The summed E-state index contributed by atoms with van der Waals surface area (Å²) in [5.74, 6) is -0.392. The molecule has 1 aromatic carbocycles. The number of carbonyl (C=O) groups excluding carboxylic acids is 2. The minimum absolute atomic E-state index is 0.181. The van der Waals surface area contributed by atoms with E-state index < -0.39 is 0 Å². The van der Waals surface area contributed by atoms with Crippen LogP contribution >= 0.6 is 0 Å². The van der Waals surface area contributed by atoms with Gasteiger partial charge < -0.3 is 5.32 Å². The van der Waals surface area contributed by atoms with Crippen molar-refractivity contribution in [1.82, 2.24) is 4.98 Å². The van der Waals surface area contributed by atoms with Crippen LogP contribution in [0.15, 0.2) is 48.4 Å². The predicted molar refractivity (Wildman–Crippen MR) is 80.5 cm³/mol. The number of aryl methyl sites for hydroxylation is 2. The van der Waals surface area contributed by atoms with E-state index in [0.717, 1.165) is 16.8 Å². The van der Waals surface area contributed by atoms with Gasteiger partial charge in [-0.2, -0.15) is 0 Å². The van der Waals surface area contributed by atoms with E-state index in [1.54, 1.807) is 6.07 Å². The molecule has 0 atom stereocenters. The normalized spacial score (nSPS) is 13.7. The Morgan fingerprint density at radius 3 is 2.62 bits per heavy atom. The number of Topliss-reactive ketones (excluding diaryl/α,β-unsaturated/α-hetero) is 1. The predicted octanol–water partition coefficient (Wildman–Crippen LogP) is 3.07. The van der Waals surface area contributed by atoms with Crippen LogP contribution in [0.2, 0.25) is 0 Å². The SMILES string of the molecule is Cc1ccc(NC2=CC(=O)c3ccncc3C2=O)c(C)c1. The fourth-order valence-electron chi connectivity index (χ4n) is 2.40. The van der Waals surface area contributed by atoms with Gasteiger partial charge in [0.2, 0.25) is 5.78 Å². The van der Waals surface area contributed by atoms with Crippen molar-refractivity contribution in [1.29, 1.82) is 0 Å². The molecule has 3 rings (SSSR count). The van der Waals surface area contributed by atoms with Gasteiger partial charge in [-0.05, 0) is 31.5 Å². The lowest BCUT2D eigenvalue weighted by molar-refractivity contribution is 0.0985. The summed E-state index contributed by atoms with van der Waals surface area (Å²) in [6.07, 6.45) is 4.30. The van der Waals surface area contributed by atoms with E-state index in [4.69, 9.17) is 0 Å². The van der Waals surface area contributed by atoms with E-state index in [9.17, 15) is 9.59 Å². The Morgan fingerprint density at radius 1 is 1.05 bits per heavy atom. The highest BCUT2D eigenvalue weighted by molar-refractivity contribution is 6.25. The minimum Gasteiger partial charge on any atom is -0.352 e. The molecular weight excluding hydrogens is 264 g/mol. The van der Waals surface area contributed by atoms with Crippen LogP contribution in [0.1, 0.15) is 31.8 Å². The summed E-state index contributed by atoms with van der Waals surface area (Å²) in [6, 6.07) is 7.45. The molecule has 0 aliphatic heterocycles. The third-order valence-corrected chi connectivity index (χ3v) is 3.50. The number of nitrogens with zero attached hydrogens (tertiary/aromatic N) is 1. The molecule has 0 bridgehead atoms. The van der Waals surface area contributed by atoms with Gasteiger partial charge in [0.05, 0.1) is 11.3 Å². The Balaban J connectivity index is 1.97. The third kappa shape index (κ3) is 2.36. The van der Waals surface area contributed by atoms with Crippen LogP contribution in [0.4, 0.5) is 5.69 Å². The molecule has 21 heavy (non-hydrogen) atoms. The fraction of sp³-hybridized carbons (Fsp3) is 0.118. The summed E-state index contributed by atoms with van der Waals surface area (Å²) < 4.78 is 0. The van der Waals surface area contributed by atoms with Crippen LogP contribution in [0.3, 0.4) is 0 Å². The Bertz CT molecular complexity index is 791. The molecule has 2 aromatic rings. The highest BCUT2D eigenvalue weighted by Crippen LogP contribution is 2.24. The molecule has 1 aliphatic carbocycles. The summed E-state index contributed by atoms with van der Waals surface area (Å²) in [5, 5.41) is 3.06. The molecule has 1 aromatic heterocycles. The lowest BCUT2D eigenvalue weighted by Crippen LogP contribution is -2.22. The van der Waals surface area contributed by atoms with Gasteiger partial charge in [0.1, 0.15) is 0 Å². The largest absolute Gasteiger partial charge is 0.352 e. The summed E-state index contributed by atoms with van der Waals surface area (Å²) in [4.78, 5) is 28.4. The number of hydrogen-bond donors (Lipinski definition) is 1. The molecule has 0 radical (unpaired) electrons. The van der Waals surface area contributed by atoms with Crippen molar-refractivity contribution in [3.8, 4) is 0 Å². The Labute approximate surface area is 122 Å². The van der Waals surface area contributed by atoms with Gasteiger partial charge in [-0.3, -0.25) is 14.6 Å². The minimum atomic E-state index is -0.210. The third-order valence-electron chi connectivity index (χ3n) is 3.50. The van der Waals surface area contributed by atoms with Crippen LogP contribution in [-0.4, -0.2) is 16.6 Å². The first-order chi connectivity index (χ1) is 10.1. The fourth-order valence-corrected chi connectivity index (χ4v) is 2.40. The molecule has 0 unspecified atom stereocenters. The van der Waals surface area contributed by atoms with E-state index >= 15 is 0 Å². The summed E-state index contributed by atoms with van der Waals surface area (Å²) in [6.45, 7) is 3.97. The number of fused-ring (bicyclic) bond motifs is 1. The standard InChI is InChI=1S/C17H14N2O2/c1-10-3-4-14(11(2)7-10)19-15-8-16(20)12-5-6-18-9-13(12)17(15)21/h3-9,19H,1-2H3. The number of nitrogens with one attached hydrogen (secondary N) is 1. The number of rotatable bonds is 2. The van der Waals surface area contributed by atoms with Crippen molar-refractivity contribution in [2.45, 2.75) is 13.8 Å². The summed E-state index contributed by atoms with van der Waals surface area (Å²) in [7, 11) is 0. The van der Waals surface area contributed by atoms with Crippen LogP contribution < -0.4 is 5.32 Å². The van der Waals surface area contributed by atoms with Gasteiger partial charge in [-0.15, -0.1) is 0 Å². The lowest BCUT2D eigenvalue weighted by Gasteiger charge is -2.17. The molecule has 1 aliphatic rings. The number of allylic oxidation sites excluding steroid dienone is 2. The molecule has 0 saturated heterocycles. The number of anilines is 1. The first-order valence-electron chi connectivity index (χ1n) is 6.65. The van der Waals surface area contributed by atoms with Crippen LogP contribution in [-0.2, 0) is 0 Å². The van der Waals surface area contributed by atoms with Crippen molar-refractivity contribution in [2.24, 2.45) is 0 Å². The van der Waals surface area contributed by atoms with Crippen LogP contribution in [0.5, 0.6) is 0 Å². The highest BCUT2D eigenvalue weighted by Gasteiger charge is 2.25. The lowest BCUT2D eigenvalue weighted by atomic mass is 9.94. The number of ketones is 2. The number of carbonyl (C=O) groups is 2. The molecule has 0 spiro atoms. The van der Waals surface area contributed by atoms with E-state index in [1.165, 1.54) is 18.5 Å². The quantitative estimate of drug-likeness (QED) is 0.917. The Kier molecular flexibility index (Phi) is 3.14. The molecule has 1 N–H and O–H groups in total. The van der Waals surface area contributed by atoms with Gasteiger partial charge >= 0.3 is 0 Å². The van der Waals surface area contributed by atoms with Crippen molar-refractivity contribution in [3.05, 3.63) is 70.7 Å². The van der Waals surface area contributed by atoms with Gasteiger partial charge in [0.15, 0.2) is 5.78 Å². The molecule has 0 fully saturated rings. The maximum Gasteiger partial charge on any atom is 0.211 e. The van der Waals surface area contributed by atoms with Crippen molar-refractivity contribution >= 4 is 17.3 Å². The van der Waals surface area contributed by atoms with Gasteiger partial charge in [0, 0.05) is 29.7 Å². The van der Waals surface area contributed by atoms with Crippen LogP contribution in [0.25, 0.3) is 0 Å². The van der Waals surface area contributed by atoms with Crippen molar-refractivity contribution in [2.75, 3.05) is 5.32 Å². The summed E-state index contributed by atoms with van der Waals surface area (Å²) in [5.41, 5.74) is 4.02. The number of hydrogen-bond acceptors (Lipinski definition) is 4. The Morgan fingerprint density at radius 2 is 1.86 bits per heavy atom.